The minimum absolute atomic E-state index is 0.108. The Balaban J connectivity index is 2.21. The molecular formula is C12H14ClN3O3. The van der Waals surface area contributed by atoms with Gasteiger partial charge in [-0.3, -0.25) is 14.9 Å². The fourth-order valence-electron chi connectivity index (χ4n) is 2.12. The highest BCUT2D eigenvalue weighted by atomic mass is 35.5. The van der Waals surface area contributed by atoms with Gasteiger partial charge in [0.15, 0.2) is 0 Å². The number of carbonyl (C=O) groups is 1. The second-order valence-corrected chi connectivity index (χ2v) is 4.89. The van der Waals surface area contributed by atoms with Gasteiger partial charge in [-0.15, -0.1) is 0 Å². The van der Waals surface area contributed by atoms with E-state index < -0.39 is 4.92 Å². The van der Waals surface area contributed by atoms with Crippen LogP contribution in [0.1, 0.15) is 16.8 Å². The summed E-state index contributed by atoms with van der Waals surface area (Å²) >= 11 is 5.95. The molecule has 7 heteroatoms. The number of nitro groups is 1. The fraction of sp³-hybridized carbons (Fsp3) is 0.417. The maximum Gasteiger partial charge on any atom is 0.270 e. The van der Waals surface area contributed by atoms with Gasteiger partial charge < -0.3 is 10.2 Å². The molecule has 0 saturated carbocycles. The summed E-state index contributed by atoms with van der Waals surface area (Å²) in [5.41, 5.74) is 0.174. The van der Waals surface area contributed by atoms with E-state index in [0.717, 1.165) is 19.5 Å². The van der Waals surface area contributed by atoms with Gasteiger partial charge in [0.1, 0.15) is 0 Å². The van der Waals surface area contributed by atoms with Crippen LogP contribution in [0.3, 0.4) is 0 Å². The van der Waals surface area contributed by atoms with E-state index in [1.54, 1.807) is 11.9 Å². The highest BCUT2D eigenvalue weighted by molar-refractivity contribution is 6.34. The third-order valence-corrected chi connectivity index (χ3v) is 3.61. The van der Waals surface area contributed by atoms with E-state index in [9.17, 15) is 14.9 Å². The van der Waals surface area contributed by atoms with E-state index in [1.807, 2.05) is 0 Å². The van der Waals surface area contributed by atoms with Gasteiger partial charge in [0.25, 0.3) is 11.6 Å². The smallest absolute Gasteiger partial charge is 0.270 e. The third-order valence-electron chi connectivity index (χ3n) is 3.30. The summed E-state index contributed by atoms with van der Waals surface area (Å²) in [6, 6.07) is 4.04. The van der Waals surface area contributed by atoms with Crippen molar-refractivity contribution in [2.45, 2.75) is 12.5 Å². The lowest BCUT2D eigenvalue weighted by atomic mass is 10.1. The Morgan fingerprint density at radius 3 is 2.84 bits per heavy atom. The highest BCUT2D eigenvalue weighted by Gasteiger charge is 2.25. The zero-order chi connectivity index (χ0) is 14.0. The van der Waals surface area contributed by atoms with E-state index in [-0.39, 0.29) is 22.7 Å². The molecule has 0 spiro atoms. The molecule has 0 bridgehead atoms. The molecule has 0 aromatic heterocycles. The monoisotopic (exact) mass is 283 g/mol. The van der Waals surface area contributed by atoms with Gasteiger partial charge >= 0.3 is 0 Å². The Kier molecular flexibility index (Phi) is 4.01. The van der Waals surface area contributed by atoms with E-state index in [1.165, 1.54) is 18.2 Å². The first-order chi connectivity index (χ1) is 9.00. The Morgan fingerprint density at radius 1 is 1.58 bits per heavy atom. The predicted molar refractivity (Wildman–Crippen MR) is 71.5 cm³/mol. The van der Waals surface area contributed by atoms with E-state index in [2.05, 4.69) is 5.32 Å². The van der Waals surface area contributed by atoms with Gasteiger partial charge in [-0.2, -0.15) is 0 Å². The number of nitrogens with zero attached hydrogens (tertiary/aromatic N) is 2. The molecule has 6 nitrogen and oxygen atoms in total. The van der Waals surface area contributed by atoms with Crippen LogP contribution in [-0.2, 0) is 0 Å². The lowest BCUT2D eigenvalue weighted by Crippen LogP contribution is -2.38. The predicted octanol–water partition coefficient (Wildman–Crippen LogP) is 1.68. The topological polar surface area (TPSA) is 75.5 Å². The van der Waals surface area contributed by atoms with Crippen LogP contribution < -0.4 is 5.32 Å². The van der Waals surface area contributed by atoms with Crippen molar-refractivity contribution < 1.29 is 9.72 Å². The van der Waals surface area contributed by atoms with Crippen LogP contribution in [0, 0.1) is 10.1 Å². The standard InChI is InChI=1S/C12H14ClN3O3/c1-15(9-4-5-14-7-9)12(17)10-3-2-8(16(18)19)6-11(10)13/h2-3,6,9,14H,4-5,7H2,1H3. The molecule has 1 aliphatic rings. The second-order valence-electron chi connectivity index (χ2n) is 4.48. The van der Waals surface area contributed by atoms with Crippen molar-refractivity contribution in [1.82, 2.24) is 10.2 Å². The van der Waals surface area contributed by atoms with E-state index >= 15 is 0 Å². The highest BCUT2D eigenvalue weighted by Crippen LogP contribution is 2.24. The van der Waals surface area contributed by atoms with Gasteiger partial charge in [-0.25, -0.2) is 0 Å². The molecule has 1 amide bonds. The molecule has 1 aromatic carbocycles. The molecule has 0 radical (unpaired) electrons. The Hall–Kier alpha value is -1.66. The number of hydrogen-bond acceptors (Lipinski definition) is 4. The molecule has 1 fully saturated rings. The van der Waals surface area contributed by atoms with Crippen LogP contribution in [0.25, 0.3) is 0 Å². The first-order valence-electron chi connectivity index (χ1n) is 5.92. The fourth-order valence-corrected chi connectivity index (χ4v) is 2.37. The molecule has 1 heterocycles. The molecule has 1 saturated heterocycles. The SMILES string of the molecule is CN(C(=O)c1ccc([N+](=O)[O-])cc1Cl)C1CCNC1. The van der Waals surface area contributed by atoms with Crippen LogP contribution >= 0.6 is 11.6 Å². The Bertz CT molecular complexity index is 515. The number of benzene rings is 1. The summed E-state index contributed by atoms with van der Waals surface area (Å²) in [6.07, 6.45) is 0.896. The molecular weight excluding hydrogens is 270 g/mol. The van der Waals surface area contributed by atoms with Gasteiger partial charge in [-0.05, 0) is 19.0 Å². The van der Waals surface area contributed by atoms with Crippen molar-refractivity contribution in [3.8, 4) is 0 Å². The van der Waals surface area contributed by atoms with Crippen LogP contribution in [0.2, 0.25) is 5.02 Å². The van der Waals surface area contributed by atoms with Crippen molar-refractivity contribution in [3.05, 3.63) is 38.9 Å². The third kappa shape index (κ3) is 2.85. The summed E-state index contributed by atoms with van der Waals surface area (Å²) in [6.45, 7) is 1.64. The first-order valence-corrected chi connectivity index (χ1v) is 6.30. The zero-order valence-electron chi connectivity index (χ0n) is 10.4. The molecule has 0 aliphatic carbocycles. The van der Waals surface area contributed by atoms with Crippen molar-refractivity contribution in [1.29, 1.82) is 0 Å². The number of nitro benzene ring substituents is 1. The molecule has 1 unspecified atom stereocenters. The lowest BCUT2D eigenvalue weighted by Gasteiger charge is -2.24. The van der Waals surface area contributed by atoms with Crippen molar-refractivity contribution in [3.63, 3.8) is 0 Å². The summed E-state index contributed by atoms with van der Waals surface area (Å²) in [5.74, 6) is -0.214. The van der Waals surface area contributed by atoms with Crippen LogP contribution in [-0.4, -0.2) is 41.9 Å². The average molecular weight is 284 g/mol. The lowest BCUT2D eigenvalue weighted by molar-refractivity contribution is -0.384. The van der Waals surface area contributed by atoms with Crippen LogP contribution in [0.4, 0.5) is 5.69 Å². The first kappa shape index (κ1) is 13.8. The Morgan fingerprint density at radius 2 is 2.32 bits per heavy atom. The summed E-state index contributed by atoms with van der Waals surface area (Å²) in [4.78, 5) is 24.0. The number of carbonyl (C=O) groups excluding carboxylic acids is 1. The molecule has 2 rings (SSSR count). The van der Waals surface area contributed by atoms with E-state index in [4.69, 9.17) is 11.6 Å². The normalized spacial score (nSPS) is 18.3. The second kappa shape index (κ2) is 5.54. The molecule has 19 heavy (non-hydrogen) atoms. The summed E-state index contributed by atoms with van der Waals surface area (Å²) in [7, 11) is 1.72. The summed E-state index contributed by atoms with van der Waals surface area (Å²) < 4.78 is 0. The van der Waals surface area contributed by atoms with Crippen molar-refractivity contribution >= 4 is 23.2 Å². The molecule has 1 atom stereocenters. The van der Waals surface area contributed by atoms with Crippen LogP contribution in [0.5, 0.6) is 0 Å². The summed E-state index contributed by atoms with van der Waals surface area (Å²) in [5, 5.41) is 13.9. The van der Waals surface area contributed by atoms with Gasteiger partial charge in [-0.1, -0.05) is 11.6 Å². The Labute approximate surface area is 115 Å². The number of hydrogen-bond donors (Lipinski definition) is 1. The largest absolute Gasteiger partial charge is 0.337 e. The number of halogens is 1. The molecule has 102 valence electrons. The maximum atomic E-state index is 12.3. The van der Waals surface area contributed by atoms with Gasteiger partial charge in [0, 0.05) is 31.8 Å². The number of likely N-dealkylation sites (N-methyl/N-ethyl adjacent to an activating group) is 1. The number of non-ortho nitro benzene ring substituents is 1. The van der Waals surface area contributed by atoms with Crippen LogP contribution in [0.15, 0.2) is 18.2 Å². The quantitative estimate of drug-likeness (QED) is 0.676. The number of rotatable bonds is 3. The molecule has 1 aromatic rings. The zero-order valence-corrected chi connectivity index (χ0v) is 11.2. The number of amides is 1. The van der Waals surface area contributed by atoms with Gasteiger partial charge in [0.2, 0.25) is 0 Å². The maximum absolute atomic E-state index is 12.3. The average Bonchev–Trinajstić information content (AvgIpc) is 2.90. The van der Waals surface area contributed by atoms with E-state index in [0.29, 0.717) is 5.56 Å². The number of nitrogens with one attached hydrogen (secondary N) is 1. The minimum atomic E-state index is -0.537. The van der Waals surface area contributed by atoms with Gasteiger partial charge in [0.05, 0.1) is 15.5 Å². The van der Waals surface area contributed by atoms with Crippen molar-refractivity contribution in [2.75, 3.05) is 20.1 Å². The van der Waals surface area contributed by atoms with Crippen molar-refractivity contribution in [2.24, 2.45) is 0 Å². The molecule has 1 N–H and O–H groups in total. The minimum Gasteiger partial charge on any atom is -0.337 e. The molecule has 1 aliphatic heterocycles.